The Kier molecular flexibility index (Phi) is 13.7. The molecule has 0 aromatic rings. The molecule has 0 N–H and O–H groups in total. The number of hydrogen-bond donors (Lipinski definition) is 0. The van der Waals surface area contributed by atoms with Crippen molar-refractivity contribution in [2.45, 2.75) is 180 Å². The Morgan fingerprint density at radius 1 is 1.04 bits per heavy atom. The van der Waals surface area contributed by atoms with E-state index in [1.54, 1.807) is 4.90 Å². The summed E-state index contributed by atoms with van der Waals surface area (Å²) in [7, 11) is -1.01. The van der Waals surface area contributed by atoms with E-state index in [2.05, 4.69) is 119 Å². The van der Waals surface area contributed by atoms with E-state index in [0.717, 1.165) is 36.0 Å². The number of hydrogen-bond acceptors (Lipinski definition) is 8. The van der Waals surface area contributed by atoms with Crippen molar-refractivity contribution in [2.75, 3.05) is 20.7 Å². The van der Waals surface area contributed by atoms with Crippen LogP contribution < -0.4 is 0 Å². The molecule has 0 aromatic heterocycles. The first kappa shape index (κ1) is 45.2. The van der Waals surface area contributed by atoms with Crippen LogP contribution in [0.15, 0.2) is 47.1 Å². The molecule has 0 aromatic carbocycles. The SMILES string of the molecule is CC[C@H]1O[C@]2(CC[C@@H]1C)C[C@@H]1C[C@@H](C/C=C(\C)[C@H](CC(=O)N(C)C)[C@@H](C)/C=C/C=C3\CO[C@@H]4[C@H](O[Si](C)(C)C(C)(C)C)C(C)=C[C@@H](C(=O)O1)[C@]34O[Si](C)(C)C)O2. The van der Waals surface area contributed by atoms with E-state index >= 15 is 4.79 Å². The van der Waals surface area contributed by atoms with Crippen LogP contribution in [0.4, 0.5) is 0 Å². The smallest absolute Gasteiger partial charge is 0.316 e. The molecule has 5 aliphatic rings. The van der Waals surface area contributed by atoms with Crippen LogP contribution in [0, 0.1) is 23.7 Å². The first-order valence-electron chi connectivity index (χ1n) is 21.4. The van der Waals surface area contributed by atoms with Crippen molar-refractivity contribution in [1.29, 1.82) is 0 Å². The van der Waals surface area contributed by atoms with Gasteiger partial charge in [0, 0.05) is 39.8 Å². The van der Waals surface area contributed by atoms with E-state index in [4.69, 9.17) is 27.8 Å². The molecular weight excluding hydrogens is 739 g/mol. The molecule has 4 heterocycles. The number of amides is 1. The lowest BCUT2D eigenvalue weighted by Crippen LogP contribution is -2.64. The van der Waals surface area contributed by atoms with Gasteiger partial charge in [0.05, 0.1) is 24.9 Å². The van der Waals surface area contributed by atoms with Gasteiger partial charge in [-0.15, -0.1) is 0 Å². The van der Waals surface area contributed by atoms with Crippen LogP contribution in [0.5, 0.6) is 0 Å². The zero-order chi connectivity index (χ0) is 41.6. The Hall–Kier alpha value is -1.87. The highest BCUT2D eigenvalue weighted by atomic mass is 28.4. The van der Waals surface area contributed by atoms with E-state index in [1.165, 1.54) is 0 Å². The highest BCUT2D eigenvalue weighted by Gasteiger charge is 2.64. The standard InChI is InChI=1S/C45H75NO8Si2/c1-16-38-31(4)22-23-44(52-38)27-35-25-34(51-44)21-20-30(3)36(26-39(47)46(9)10)29(2)18-17-19-33-28-49-41-40(53-56(14,15)43(6,7)8)32(5)24-37(42(48)50-35)45(33,41)54-55(11,12)13/h17-20,24,29,31,34-38,40-41H,16,21-23,25-28H2,1-15H3/b18-17+,30-20+,33-19+/t29-,31-,34+,35-,36+,37-,38+,40+,41+,44+,45+/m0/s1. The van der Waals surface area contributed by atoms with Crippen molar-refractivity contribution in [2.24, 2.45) is 23.7 Å². The van der Waals surface area contributed by atoms with E-state index in [0.29, 0.717) is 38.2 Å². The van der Waals surface area contributed by atoms with Gasteiger partial charge in [-0.1, -0.05) is 77.5 Å². The third-order valence-corrected chi connectivity index (χ3v) is 19.0. The van der Waals surface area contributed by atoms with Crippen molar-refractivity contribution in [3.8, 4) is 0 Å². The summed E-state index contributed by atoms with van der Waals surface area (Å²) in [5, 5.41) is -0.0328. The molecule has 3 saturated heterocycles. The van der Waals surface area contributed by atoms with Crippen molar-refractivity contribution in [3.63, 3.8) is 0 Å². The zero-order valence-corrected chi connectivity index (χ0v) is 39.5. The first-order valence-corrected chi connectivity index (χ1v) is 27.7. The van der Waals surface area contributed by atoms with Gasteiger partial charge in [0.25, 0.3) is 0 Å². The number of esters is 1. The molecule has 5 rings (SSSR count). The largest absolute Gasteiger partial charge is 0.462 e. The Balaban J connectivity index is 1.68. The maximum atomic E-state index is 15.1. The third kappa shape index (κ3) is 9.60. The maximum Gasteiger partial charge on any atom is 0.316 e. The van der Waals surface area contributed by atoms with Gasteiger partial charge >= 0.3 is 5.97 Å². The number of carbonyl (C=O) groups excluding carboxylic acids is 2. The van der Waals surface area contributed by atoms with Gasteiger partial charge in [0.2, 0.25) is 5.91 Å². The average Bonchev–Trinajstić information content (AvgIpc) is 3.43. The minimum Gasteiger partial charge on any atom is -0.462 e. The lowest BCUT2D eigenvalue weighted by Gasteiger charge is -2.52. The Morgan fingerprint density at radius 2 is 1.73 bits per heavy atom. The predicted octanol–water partition coefficient (Wildman–Crippen LogP) is 9.52. The molecule has 56 heavy (non-hydrogen) atoms. The maximum absolute atomic E-state index is 15.1. The third-order valence-electron chi connectivity index (χ3n) is 13.6. The average molecular weight is 814 g/mol. The summed E-state index contributed by atoms with van der Waals surface area (Å²) in [6, 6.07) is 0. The molecule has 0 unspecified atom stereocenters. The fourth-order valence-electron chi connectivity index (χ4n) is 9.26. The molecule has 3 fully saturated rings. The molecule has 11 atom stereocenters. The lowest BCUT2D eigenvalue weighted by molar-refractivity contribution is -0.335. The van der Waals surface area contributed by atoms with Gasteiger partial charge in [0.15, 0.2) is 22.4 Å². The minimum atomic E-state index is -2.36. The molecule has 2 bridgehead atoms. The van der Waals surface area contributed by atoms with Crippen molar-refractivity contribution in [1.82, 2.24) is 4.90 Å². The summed E-state index contributed by atoms with van der Waals surface area (Å²) >= 11 is 0. The van der Waals surface area contributed by atoms with E-state index in [9.17, 15) is 4.79 Å². The monoisotopic (exact) mass is 814 g/mol. The minimum absolute atomic E-state index is 0.00923. The Labute approximate surface area is 341 Å². The number of rotatable bonds is 7. The topological polar surface area (TPSA) is 92.8 Å². The molecule has 0 saturated carbocycles. The molecule has 316 valence electrons. The van der Waals surface area contributed by atoms with Crippen LogP contribution in [0.1, 0.15) is 100 Å². The fraction of sp³-hybridized carbons (Fsp3) is 0.778. The molecule has 1 spiro atoms. The molecule has 9 nitrogen and oxygen atoms in total. The number of ether oxygens (including phenoxy) is 4. The summed E-state index contributed by atoms with van der Waals surface area (Å²) in [6.07, 6.45) is 13.9. The van der Waals surface area contributed by atoms with Crippen molar-refractivity contribution >= 4 is 28.5 Å². The van der Waals surface area contributed by atoms with Crippen molar-refractivity contribution in [3.05, 3.63) is 47.1 Å². The second kappa shape index (κ2) is 17.0. The number of nitrogens with zero attached hydrogens (tertiary/aromatic N) is 1. The second-order valence-electron chi connectivity index (χ2n) is 20.4. The van der Waals surface area contributed by atoms with Gasteiger partial charge < -0.3 is 32.7 Å². The molecule has 1 amide bonds. The predicted molar refractivity (Wildman–Crippen MR) is 228 cm³/mol. The zero-order valence-electron chi connectivity index (χ0n) is 37.5. The number of allylic oxidation sites excluding steroid dienone is 4. The second-order valence-corrected chi connectivity index (χ2v) is 29.6. The summed E-state index contributed by atoms with van der Waals surface area (Å²) in [6.45, 7) is 28.9. The molecule has 11 heteroatoms. The first-order chi connectivity index (χ1) is 25.9. The number of fused-ring (bicyclic) bond motifs is 2. The quantitative estimate of drug-likeness (QED) is 0.143. The van der Waals surface area contributed by atoms with Gasteiger partial charge in [-0.2, -0.15) is 0 Å². The number of carbonyl (C=O) groups is 2. The van der Waals surface area contributed by atoms with E-state index in [-0.39, 0.29) is 47.1 Å². The van der Waals surface area contributed by atoms with Crippen molar-refractivity contribution < 1.29 is 37.4 Å². The molecular formula is C45H75NO8Si2. The van der Waals surface area contributed by atoms with E-state index < -0.39 is 46.1 Å². The van der Waals surface area contributed by atoms with Crippen LogP contribution in [-0.2, 0) is 37.4 Å². The Morgan fingerprint density at radius 3 is 2.36 bits per heavy atom. The van der Waals surface area contributed by atoms with Gasteiger partial charge in [-0.05, 0) is 99.8 Å². The lowest BCUT2D eigenvalue weighted by atomic mass is 9.71. The normalized spacial score (nSPS) is 39.7. The highest BCUT2D eigenvalue weighted by molar-refractivity contribution is 6.74. The van der Waals surface area contributed by atoms with E-state index in [1.807, 2.05) is 14.1 Å². The van der Waals surface area contributed by atoms with Crippen LogP contribution >= 0.6 is 0 Å². The van der Waals surface area contributed by atoms with Gasteiger partial charge in [-0.25, -0.2) is 0 Å². The molecule has 4 aliphatic heterocycles. The van der Waals surface area contributed by atoms with Gasteiger partial charge in [-0.3, -0.25) is 9.59 Å². The molecule has 1 aliphatic carbocycles. The summed E-state index contributed by atoms with van der Waals surface area (Å²) in [4.78, 5) is 30.0. The fourth-order valence-corrected chi connectivity index (χ4v) is 11.9. The van der Waals surface area contributed by atoms with Gasteiger partial charge in [0.1, 0.15) is 23.7 Å². The van der Waals surface area contributed by atoms with Crippen LogP contribution in [0.2, 0.25) is 37.8 Å². The summed E-state index contributed by atoms with van der Waals surface area (Å²) in [5.41, 5.74) is 1.92. The molecule has 0 radical (unpaired) electrons. The highest BCUT2D eigenvalue weighted by Crippen LogP contribution is 2.52. The summed E-state index contributed by atoms with van der Waals surface area (Å²) in [5.74, 6) is -1.31. The van der Waals surface area contributed by atoms with Crippen LogP contribution in [0.25, 0.3) is 0 Å². The summed E-state index contributed by atoms with van der Waals surface area (Å²) < 4.78 is 42.1. The van der Waals surface area contributed by atoms with Crippen LogP contribution in [-0.4, -0.2) is 96.0 Å². The van der Waals surface area contributed by atoms with Crippen LogP contribution in [0.3, 0.4) is 0 Å². The Bertz CT molecular complexity index is 1570.